The molecule has 0 bridgehead atoms. The zero-order valence-corrected chi connectivity index (χ0v) is 14.2. The first-order valence-corrected chi connectivity index (χ1v) is 7.86. The fourth-order valence-electron chi connectivity index (χ4n) is 2.22. The Balaban J connectivity index is 1.89. The van der Waals surface area contributed by atoms with Crippen molar-refractivity contribution in [2.75, 3.05) is 13.2 Å². The van der Waals surface area contributed by atoms with E-state index >= 15 is 0 Å². The fourth-order valence-corrected chi connectivity index (χ4v) is 2.22. The third-order valence-corrected chi connectivity index (χ3v) is 3.34. The first-order chi connectivity index (χ1) is 11.1. The molecule has 0 aromatic heterocycles. The van der Waals surface area contributed by atoms with Crippen molar-refractivity contribution in [1.29, 1.82) is 0 Å². The highest BCUT2D eigenvalue weighted by Crippen LogP contribution is 2.25. The van der Waals surface area contributed by atoms with Crippen molar-refractivity contribution in [1.82, 2.24) is 0 Å². The normalized spacial score (nSPS) is 10.1. The van der Waals surface area contributed by atoms with E-state index in [0.29, 0.717) is 13.2 Å². The largest absolute Gasteiger partial charge is 0.576 e. The highest BCUT2D eigenvalue weighted by Gasteiger charge is 2.05. The molecule has 0 N–H and O–H groups in total. The summed E-state index contributed by atoms with van der Waals surface area (Å²) in [5.41, 5.74) is 2.09. The van der Waals surface area contributed by atoms with Gasteiger partial charge in [0.1, 0.15) is 23.0 Å². The van der Waals surface area contributed by atoms with Crippen LogP contribution in [0, 0.1) is 13.8 Å². The Kier molecular flexibility index (Phi) is 6.21. The lowest BCUT2D eigenvalue weighted by atomic mass is 10.2. The quantitative estimate of drug-likeness (QED) is 0.694. The molecule has 0 heterocycles. The maximum Gasteiger partial charge on any atom is 0.576 e. The van der Waals surface area contributed by atoms with E-state index in [2.05, 4.69) is 0 Å². The summed E-state index contributed by atoms with van der Waals surface area (Å²) in [6.07, 6.45) is 0. The van der Waals surface area contributed by atoms with Crippen LogP contribution in [0.4, 0.5) is 0 Å². The summed E-state index contributed by atoms with van der Waals surface area (Å²) >= 11 is 0. The SMILES string of the molecule is CCOc1ccc(OBOc2ccc(OCC)c(C)c2)cc1C. The first-order valence-electron chi connectivity index (χ1n) is 7.86. The molecule has 0 aliphatic carbocycles. The van der Waals surface area contributed by atoms with Crippen LogP contribution in [0.3, 0.4) is 0 Å². The minimum Gasteiger partial charge on any atom is -0.529 e. The van der Waals surface area contributed by atoms with Gasteiger partial charge >= 0.3 is 7.69 Å². The maximum absolute atomic E-state index is 5.63. The predicted octanol–water partition coefficient (Wildman–Crippen LogP) is 3.83. The van der Waals surface area contributed by atoms with E-state index in [9.17, 15) is 0 Å². The van der Waals surface area contributed by atoms with Crippen LogP contribution in [0.1, 0.15) is 25.0 Å². The van der Waals surface area contributed by atoms with Crippen molar-refractivity contribution in [2.24, 2.45) is 0 Å². The molecule has 0 saturated carbocycles. The molecule has 0 saturated heterocycles. The molecule has 122 valence electrons. The van der Waals surface area contributed by atoms with Gasteiger partial charge in [-0.1, -0.05) is 0 Å². The minimum atomic E-state index is 0.154. The minimum absolute atomic E-state index is 0.154. The van der Waals surface area contributed by atoms with Gasteiger partial charge < -0.3 is 18.8 Å². The van der Waals surface area contributed by atoms with Gasteiger partial charge in [0.15, 0.2) is 0 Å². The molecule has 0 unspecified atom stereocenters. The highest BCUT2D eigenvalue weighted by molar-refractivity contribution is 6.20. The van der Waals surface area contributed by atoms with E-state index in [1.54, 1.807) is 0 Å². The van der Waals surface area contributed by atoms with Gasteiger partial charge in [-0.05, 0) is 75.2 Å². The number of benzene rings is 2. The molecule has 5 heteroatoms. The van der Waals surface area contributed by atoms with E-state index in [0.717, 1.165) is 34.1 Å². The first kappa shape index (κ1) is 17.1. The molecule has 0 spiro atoms. The topological polar surface area (TPSA) is 36.9 Å². The van der Waals surface area contributed by atoms with Crippen LogP contribution in [0.15, 0.2) is 36.4 Å². The van der Waals surface area contributed by atoms with Crippen LogP contribution in [-0.2, 0) is 0 Å². The van der Waals surface area contributed by atoms with Gasteiger partial charge in [-0.3, -0.25) is 0 Å². The molecule has 0 atom stereocenters. The van der Waals surface area contributed by atoms with E-state index in [-0.39, 0.29) is 7.69 Å². The Hall–Kier alpha value is -2.30. The number of aryl methyl sites for hydroxylation is 2. The van der Waals surface area contributed by atoms with Gasteiger partial charge in [0, 0.05) is 0 Å². The molecule has 0 radical (unpaired) electrons. The molecule has 23 heavy (non-hydrogen) atoms. The van der Waals surface area contributed by atoms with Gasteiger partial charge in [0.2, 0.25) is 0 Å². The van der Waals surface area contributed by atoms with Gasteiger partial charge in [0.25, 0.3) is 0 Å². The second-order valence-corrected chi connectivity index (χ2v) is 5.13. The Bertz CT molecular complexity index is 587. The van der Waals surface area contributed by atoms with Gasteiger partial charge in [0.05, 0.1) is 13.2 Å². The average Bonchev–Trinajstić information content (AvgIpc) is 2.53. The summed E-state index contributed by atoms with van der Waals surface area (Å²) in [6.45, 7) is 9.23. The van der Waals surface area contributed by atoms with Gasteiger partial charge in [-0.25, -0.2) is 0 Å². The average molecular weight is 314 g/mol. The molecule has 0 amide bonds. The van der Waals surface area contributed by atoms with Crippen LogP contribution in [0.2, 0.25) is 0 Å². The monoisotopic (exact) mass is 314 g/mol. The molecule has 0 aliphatic heterocycles. The number of ether oxygens (including phenoxy) is 2. The molecule has 0 aliphatic rings. The standard InChI is InChI=1S/C18H23BO4/c1-5-20-17-9-7-15(11-13(17)3)22-19-23-16-8-10-18(21-6-2)14(4)12-16/h7-12,19H,5-6H2,1-4H3. The third kappa shape index (κ3) is 4.85. The molecular formula is C18H23BO4. The molecule has 0 fully saturated rings. The molecular weight excluding hydrogens is 291 g/mol. The maximum atomic E-state index is 5.63. The van der Waals surface area contributed by atoms with E-state index in [1.165, 1.54) is 0 Å². The smallest absolute Gasteiger partial charge is 0.529 e. The van der Waals surface area contributed by atoms with Crippen molar-refractivity contribution in [2.45, 2.75) is 27.7 Å². The summed E-state index contributed by atoms with van der Waals surface area (Å²) in [5, 5.41) is 0. The highest BCUT2D eigenvalue weighted by atomic mass is 16.6. The van der Waals surface area contributed by atoms with Crippen LogP contribution in [-0.4, -0.2) is 20.9 Å². The second kappa shape index (κ2) is 8.37. The molecule has 4 nitrogen and oxygen atoms in total. The molecule has 2 aromatic carbocycles. The second-order valence-electron chi connectivity index (χ2n) is 5.13. The summed E-state index contributed by atoms with van der Waals surface area (Å²) in [5.74, 6) is 3.27. The Labute approximate surface area is 138 Å². The van der Waals surface area contributed by atoms with E-state index in [4.69, 9.17) is 18.8 Å². The van der Waals surface area contributed by atoms with E-state index in [1.807, 2.05) is 64.1 Å². The van der Waals surface area contributed by atoms with Crippen LogP contribution < -0.4 is 18.8 Å². The van der Waals surface area contributed by atoms with Crippen LogP contribution in [0.25, 0.3) is 0 Å². The molecule has 2 rings (SSSR count). The van der Waals surface area contributed by atoms with Crippen LogP contribution >= 0.6 is 0 Å². The van der Waals surface area contributed by atoms with Crippen LogP contribution in [0.5, 0.6) is 23.0 Å². The lowest BCUT2D eigenvalue weighted by molar-refractivity contribution is 0.337. The third-order valence-electron chi connectivity index (χ3n) is 3.34. The summed E-state index contributed by atoms with van der Waals surface area (Å²) in [7, 11) is 0.154. The van der Waals surface area contributed by atoms with Crippen molar-refractivity contribution < 1.29 is 18.8 Å². The van der Waals surface area contributed by atoms with Crippen molar-refractivity contribution >= 4 is 7.69 Å². The number of hydrogen-bond acceptors (Lipinski definition) is 4. The lowest BCUT2D eigenvalue weighted by Crippen LogP contribution is -2.11. The lowest BCUT2D eigenvalue weighted by Gasteiger charge is -2.12. The number of hydrogen-bond donors (Lipinski definition) is 0. The fraction of sp³-hybridized carbons (Fsp3) is 0.333. The Morgan fingerprint density at radius 3 is 1.52 bits per heavy atom. The van der Waals surface area contributed by atoms with Crippen molar-refractivity contribution in [3.8, 4) is 23.0 Å². The number of rotatable bonds is 8. The van der Waals surface area contributed by atoms with Crippen molar-refractivity contribution in [3.63, 3.8) is 0 Å². The van der Waals surface area contributed by atoms with Gasteiger partial charge in [-0.2, -0.15) is 0 Å². The van der Waals surface area contributed by atoms with Crippen molar-refractivity contribution in [3.05, 3.63) is 47.5 Å². The molecule has 2 aromatic rings. The Morgan fingerprint density at radius 2 is 1.17 bits per heavy atom. The van der Waals surface area contributed by atoms with E-state index < -0.39 is 0 Å². The zero-order valence-electron chi connectivity index (χ0n) is 14.2. The summed E-state index contributed by atoms with van der Waals surface area (Å²) in [4.78, 5) is 0. The predicted molar refractivity (Wildman–Crippen MR) is 93.1 cm³/mol. The van der Waals surface area contributed by atoms with Gasteiger partial charge in [-0.15, -0.1) is 0 Å². The zero-order chi connectivity index (χ0) is 16.7. The summed E-state index contributed by atoms with van der Waals surface area (Å²) < 4.78 is 22.3. The summed E-state index contributed by atoms with van der Waals surface area (Å²) in [6, 6.07) is 11.5. The Morgan fingerprint density at radius 1 is 0.739 bits per heavy atom.